The molecule has 28 heavy (non-hydrogen) atoms. The van der Waals surface area contributed by atoms with Crippen molar-refractivity contribution >= 4 is 11.8 Å². The molecule has 9 nitrogen and oxygen atoms in total. The predicted molar refractivity (Wildman–Crippen MR) is 97.6 cm³/mol. The zero-order valence-electron chi connectivity index (χ0n) is 15.0. The van der Waals surface area contributed by atoms with Crippen molar-refractivity contribution < 1.29 is 19.2 Å². The van der Waals surface area contributed by atoms with Crippen LogP contribution in [-0.4, -0.2) is 50.5 Å². The Morgan fingerprint density at radius 2 is 2.00 bits per heavy atom. The minimum atomic E-state index is -1.70. The Balaban J connectivity index is 1.68. The Bertz CT molecular complexity index is 1080. The second-order valence-electron chi connectivity index (χ2n) is 6.65. The predicted octanol–water partition coefficient (Wildman–Crippen LogP) is 0.947. The van der Waals surface area contributed by atoms with E-state index in [9.17, 15) is 14.7 Å². The molecule has 0 radical (unpaired) electrons. The molecule has 1 aliphatic rings. The van der Waals surface area contributed by atoms with Crippen molar-refractivity contribution in [3.63, 3.8) is 0 Å². The van der Waals surface area contributed by atoms with E-state index in [0.717, 1.165) is 0 Å². The summed E-state index contributed by atoms with van der Waals surface area (Å²) < 4.78 is 5.28. The Morgan fingerprint density at radius 3 is 2.68 bits per heavy atom. The first kappa shape index (κ1) is 17.8. The highest BCUT2D eigenvalue weighted by Crippen LogP contribution is 2.35. The molecule has 0 bridgehead atoms. The molecule has 0 aliphatic carbocycles. The lowest BCUT2D eigenvalue weighted by Crippen LogP contribution is -2.35. The third kappa shape index (κ3) is 2.91. The summed E-state index contributed by atoms with van der Waals surface area (Å²) in [6, 6.07) is 8.76. The topological polar surface area (TPSA) is 135 Å². The Labute approximate surface area is 159 Å². The summed E-state index contributed by atoms with van der Waals surface area (Å²) in [6.07, 6.45) is 3.07. The van der Waals surface area contributed by atoms with Gasteiger partial charge in [-0.3, -0.25) is 14.6 Å². The van der Waals surface area contributed by atoms with Gasteiger partial charge in [0.25, 0.3) is 11.8 Å². The number of carbonyl (C=O) groups is 2. The van der Waals surface area contributed by atoms with Crippen LogP contribution in [-0.2, 0) is 10.4 Å². The van der Waals surface area contributed by atoms with Crippen LogP contribution >= 0.6 is 0 Å². The molecule has 3 N–H and O–H groups in total. The van der Waals surface area contributed by atoms with Gasteiger partial charge in [0, 0.05) is 37.2 Å². The van der Waals surface area contributed by atoms with Gasteiger partial charge in [-0.05, 0) is 6.07 Å². The number of amides is 2. The summed E-state index contributed by atoms with van der Waals surface area (Å²) in [6.45, 7) is 0.440. The molecule has 1 atom stereocenters. The second kappa shape index (κ2) is 6.54. The SMILES string of the molecule is CN1CCC(O)(c2cc(-c3cccc(-c4cncc(C(N)=O)n4)c3)no2)C1=O. The van der Waals surface area contributed by atoms with Crippen LogP contribution in [0.1, 0.15) is 22.7 Å². The average molecular weight is 379 g/mol. The third-order valence-corrected chi connectivity index (χ3v) is 4.77. The molecule has 1 saturated heterocycles. The summed E-state index contributed by atoms with van der Waals surface area (Å²) in [7, 11) is 1.63. The number of likely N-dealkylation sites (N-methyl/N-ethyl adjacent to an activating group) is 1. The van der Waals surface area contributed by atoms with E-state index in [0.29, 0.717) is 29.1 Å². The van der Waals surface area contributed by atoms with Crippen LogP contribution in [0, 0.1) is 0 Å². The Kier molecular flexibility index (Phi) is 4.16. The van der Waals surface area contributed by atoms with Crippen molar-refractivity contribution in [1.82, 2.24) is 20.0 Å². The first-order valence-corrected chi connectivity index (χ1v) is 8.56. The van der Waals surface area contributed by atoms with Gasteiger partial charge in [0.05, 0.1) is 18.1 Å². The van der Waals surface area contributed by atoms with Gasteiger partial charge in [-0.15, -0.1) is 0 Å². The van der Waals surface area contributed by atoms with Crippen LogP contribution in [0.3, 0.4) is 0 Å². The molecule has 3 aromatic rings. The molecule has 0 spiro atoms. The van der Waals surface area contributed by atoms with Crippen LogP contribution in [0.5, 0.6) is 0 Å². The molecule has 9 heteroatoms. The average Bonchev–Trinajstić information content (AvgIpc) is 3.31. The largest absolute Gasteiger partial charge is 0.373 e. The third-order valence-electron chi connectivity index (χ3n) is 4.77. The summed E-state index contributed by atoms with van der Waals surface area (Å²) >= 11 is 0. The van der Waals surface area contributed by atoms with Crippen molar-refractivity contribution in [3.05, 3.63) is 54.2 Å². The van der Waals surface area contributed by atoms with E-state index in [1.54, 1.807) is 25.2 Å². The number of hydrogen-bond donors (Lipinski definition) is 2. The number of aliphatic hydroxyl groups is 1. The fraction of sp³-hybridized carbons (Fsp3) is 0.211. The number of primary amides is 1. The van der Waals surface area contributed by atoms with Crippen molar-refractivity contribution in [1.29, 1.82) is 0 Å². The van der Waals surface area contributed by atoms with Gasteiger partial charge in [0.2, 0.25) is 5.60 Å². The number of nitrogens with zero attached hydrogens (tertiary/aromatic N) is 4. The summed E-state index contributed by atoms with van der Waals surface area (Å²) in [5.41, 5.74) is 5.97. The minimum absolute atomic E-state index is 0.0673. The van der Waals surface area contributed by atoms with Crippen molar-refractivity contribution in [2.75, 3.05) is 13.6 Å². The number of aromatic nitrogens is 3. The molecule has 142 valence electrons. The van der Waals surface area contributed by atoms with Crippen LogP contribution < -0.4 is 5.73 Å². The van der Waals surface area contributed by atoms with Gasteiger partial charge in [0.15, 0.2) is 5.76 Å². The number of benzene rings is 1. The van der Waals surface area contributed by atoms with Crippen molar-refractivity contribution in [2.45, 2.75) is 12.0 Å². The number of carbonyl (C=O) groups excluding carboxylic acids is 2. The summed E-state index contributed by atoms with van der Waals surface area (Å²) in [5.74, 6) is -0.966. The number of likely N-dealkylation sites (tertiary alicyclic amines) is 1. The molecule has 3 heterocycles. The van der Waals surface area contributed by atoms with E-state index < -0.39 is 17.4 Å². The maximum absolute atomic E-state index is 12.2. The Morgan fingerprint density at radius 1 is 1.25 bits per heavy atom. The first-order chi connectivity index (χ1) is 13.4. The minimum Gasteiger partial charge on any atom is -0.373 e. The molecule has 0 saturated carbocycles. The smallest absolute Gasteiger partial charge is 0.268 e. The van der Waals surface area contributed by atoms with E-state index in [2.05, 4.69) is 15.1 Å². The lowest BCUT2D eigenvalue weighted by atomic mass is 9.98. The van der Waals surface area contributed by atoms with E-state index in [1.165, 1.54) is 17.3 Å². The molecular weight excluding hydrogens is 362 g/mol. The molecule has 1 fully saturated rings. The highest BCUT2D eigenvalue weighted by atomic mass is 16.5. The maximum Gasteiger partial charge on any atom is 0.268 e. The fourth-order valence-electron chi connectivity index (χ4n) is 3.15. The Hall–Kier alpha value is -3.59. The first-order valence-electron chi connectivity index (χ1n) is 8.56. The van der Waals surface area contributed by atoms with E-state index in [1.807, 2.05) is 12.1 Å². The summed E-state index contributed by atoms with van der Waals surface area (Å²) in [4.78, 5) is 33.2. The normalized spacial score (nSPS) is 19.2. The number of nitrogens with two attached hydrogens (primary N) is 1. The van der Waals surface area contributed by atoms with Gasteiger partial charge in [-0.2, -0.15) is 0 Å². The van der Waals surface area contributed by atoms with Crippen LogP contribution in [0.15, 0.2) is 47.2 Å². The molecule has 4 rings (SSSR count). The monoisotopic (exact) mass is 379 g/mol. The van der Waals surface area contributed by atoms with Crippen LogP contribution in [0.2, 0.25) is 0 Å². The molecule has 2 aromatic heterocycles. The van der Waals surface area contributed by atoms with Gasteiger partial charge in [-0.25, -0.2) is 4.98 Å². The highest BCUT2D eigenvalue weighted by Gasteiger charge is 2.48. The lowest BCUT2D eigenvalue weighted by molar-refractivity contribution is -0.144. The van der Waals surface area contributed by atoms with Gasteiger partial charge < -0.3 is 20.3 Å². The van der Waals surface area contributed by atoms with Crippen LogP contribution in [0.4, 0.5) is 0 Å². The number of hydrogen-bond acceptors (Lipinski definition) is 7. The van der Waals surface area contributed by atoms with Gasteiger partial charge in [-0.1, -0.05) is 23.4 Å². The molecule has 1 aliphatic heterocycles. The van der Waals surface area contributed by atoms with Crippen LogP contribution in [0.25, 0.3) is 22.5 Å². The lowest BCUT2D eigenvalue weighted by Gasteiger charge is -2.16. The zero-order chi connectivity index (χ0) is 19.9. The van der Waals surface area contributed by atoms with E-state index in [-0.39, 0.29) is 17.9 Å². The van der Waals surface area contributed by atoms with Crippen molar-refractivity contribution in [3.8, 4) is 22.5 Å². The fourth-order valence-corrected chi connectivity index (χ4v) is 3.15. The molecule has 1 unspecified atom stereocenters. The maximum atomic E-state index is 12.2. The second-order valence-corrected chi connectivity index (χ2v) is 6.65. The number of rotatable bonds is 4. The van der Waals surface area contributed by atoms with E-state index in [4.69, 9.17) is 10.3 Å². The van der Waals surface area contributed by atoms with E-state index >= 15 is 0 Å². The summed E-state index contributed by atoms with van der Waals surface area (Å²) in [5, 5.41) is 14.7. The highest BCUT2D eigenvalue weighted by molar-refractivity contribution is 5.91. The molecular formula is C19H17N5O4. The zero-order valence-corrected chi connectivity index (χ0v) is 15.0. The standard InChI is InChI=1S/C19H17N5O4/c1-24-6-5-19(27,18(24)26)16-8-13(23-28-16)11-3-2-4-12(7-11)14-9-21-10-15(22-14)17(20)25/h2-4,7-10,27H,5-6H2,1H3,(H2,20,25). The van der Waals surface area contributed by atoms with Gasteiger partial charge >= 0.3 is 0 Å². The quantitative estimate of drug-likeness (QED) is 0.689. The van der Waals surface area contributed by atoms with Crippen molar-refractivity contribution in [2.24, 2.45) is 5.73 Å². The van der Waals surface area contributed by atoms with Gasteiger partial charge in [0.1, 0.15) is 11.4 Å². The molecule has 2 amide bonds. The molecule has 1 aromatic carbocycles.